The molecule has 2 aromatic carbocycles. The van der Waals surface area contributed by atoms with Gasteiger partial charge < -0.3 is 19.1 Å². The number of aromatic nitrogens is 2. The zero-order valence-electron chi connectivity index (χ0n) is 21.1. The number of halogens is 2. The Balaban J connectivity index is 1.65. The molecule has 196 valence electrons. The largest absolute Gasteiger partial charge is 0.493 e. The van der Waals surface area contributed by atoms with Crippen molar-refractivity contribution < 1.29 is 19.0 Å². The summed E-state index contributed by atoms with van der Waals surface area (Å²) in [5.74, 6) is 1.25. The van der Waals surface area contributed by atoms with Gasteiger partial charge in [0, 0.05) is 23.0 Å². The lowest BCUT2D eigenvalue weighted by molar-refractivity contribution is -0.137. The third kappa shape index (κ3) is 6.22. The molecule has 1 saturated heterocycles. The smallest absolute Gasteiger partial charge is 0.282 e. The van der Waals surface area contributed by atoms with Gasteiger partial charge in [0.25, 0.3) is 11.5 Å². The van der Waals surface area contributed by atoms with Crippen molar-refractivity contribution in [2.24, 2.45) is 5.10 Å². The minimum atomic E-state index is -0.430. The van der Waals surface area contributed by atoms with Gasteiger partial charge in [-0.1, -0.05) is 36.7 Å². The molecule has 11 heteroatoms. The zero-order valence-corrected chi connectivity index (χ0v) is 24.3. The average Bonchev–Trinajstić information content (AvgIpc) is 2.87. The van der Waals surface area contributed by atoms with Gasteiger partial charge in [-0.25, -0.2) is 4.98 Å². The maximum atomic E-state index is 13.4. The quantitative estimate of drug-likeness (QED) is 0.374. The lowest BCUT2D eigenvalue weighted by Crippen LogP contribution is -2.43. The standard InChI is InChI=1S/C26H28Br2N4O5/c1-26(2,3)25-30-20-6-5-17(27)13-18(20)24(34)32(25)29-14-16-11-19(28)23(21(12-16)35-4)37-15-22(33)31-7-9-36-10-8-31/h5-6,11-14H,7-10,15H2,1-4H3. The van der Waals surface area contributed by atoms with Crippen molar-refractivity contribution in [3.05, 3.63) is 61.0 Å². The van der Waals surface area contributed by atoms with E-state index in [0.717, 1.165) is 4.47 Å². The van der Waals surface area contributed by atoms with Crippen LogP contribution >= 0.6 is 31.9 Å². The van der Waals surface area contributed by atoms with Gasteiger partial charge >= 0.3 is 0 Å². The second kappa shape index (κ2) is 11.3. The van der Waals surface area contributed by atoms with Crippen LogP contribution in [0.4, 0.5) is 0 Å². The number of benzene rings is 2. The van der Waals surface area contributed by atoms with Gasteiger partial charge in [-0.05, 0) is 51.8 Å². The highest BCUT2D eigenvalue weighted by Gasteiger charge is 2.23. The Bertz CT molecular complexity index is 1410. The number of hydrogen-bond donors (Lipinski definition) is 0. The molecule has 0 bridgehead atoms. The van der Waals surface area contributed by atoms with E-state index in [0.29, 0.717) is 64.6 Å². The minimum Gasteiger partial charge on any atom is -0.493 e. The van der Waals surface area contributed by atoms with Gasteiger partial charge in [-0.2, -0.15) is 9.78 Å². The Morgan fingerprint density at radius 1 is 1.19 bits per heavy atom. The molecule has 0 unspecified atom stereocenters. The monoisotopic (exact) mass is 634 g/mol. The van der Waals surface area contributed by atoms with Crippen molar-refractivity contribution >= 4 is 54.9 Å². The van der Waals surface area contributed by atoms with Gasteiger partial charge in [-0.3, -0.25) is 9.59 Å². The fourth-order valence-electron chi connectivity index (χ4n) is 3.86. The molecule has 0 aliphatic carbocycles. The third-order valence-corrected chi connectivity index (χ3v) is 6.84. The third-order valence-electron chi connectivity index (χ3n) is 5.76. The highest BCUT2D eigenvalue weighted by molar-refractivity contribution is 9.10. The van der Waals surface area contributed by atoms with Crippen LogP contribution in [0.25, 0.3) is 10.9 Å². The fourth-order valence-corrected chi connectivity index (χ4v) is 4.79. The summed E-state index contributed by atoms with van der Waals surface area (Å²) in [6.45, 7) is 7.97. The first-order valence-corrected chi connectivity index (χ1v) is 13.3. The summed E-state index contributed by atoms with van der Waals surface area (Å²) in [7, 11) is 1.52. The first-order valence-electron chi connectivity index (χ1n) is 11.7. The number of hydrogen-bond acceptors (Lipinski definition) is 7. The molecule has 1 aliphatic heterocycles. The van der Waals surface area contributed by atoms with Gasteiger partial charge in [-0.15, -0.1) is 0 Å². The summed E-state index contributed by atoms with van der Waals surface area (Å²) in [4.78, 5) is 32.3. The van der Waals surface area contributed by atoms with Gasteiger partial charge in [0.1, 0.15) is 5.82 Å². The number of rotatable bonds is 6. The Labute approximate surface area is 231 Å². The molecule has 0 N–H and O–H groups in total. The van der Waals surface area contributed by atoms with Crippen molar-refractivity contribution in [3.63, 3.8) is 0 Å². The molecule has 0 radical (unpaired) electrons. The topological polar surface area (TPSA) is 95.2 Å². The highest BCUT2D eigenvalue weighted by atomic mass is 79.9. The molecule has 37 heavy (non-hydrogen) atoms. The number of methoxy groups -OCH3 is 1. The molecule has 0 saturated carbocycles. The summed E-state index contributed by atoms with van der Waals surface area (Å²) >= 11 is 6.94. The normalized spacial score (nSPS) is 14.4. The Kier molecular flexibility index (Phi) is 8.35. The van der Waals surface area contributed by atoms with E-state index in [2.05, 4.69) is 37.0 Å². The fraction of sp³-hybridized carbons (Fsp3) is 0.385. The van der Waals surface area contributed by atoms with Crippen molar-refractivity contribution in [3.8, 4) is 11.5 Å². The molecule has 1 aromatic heterocycles. The number of amides is 1. The minimum absolute atomic E-state index is 0.118. The van der Waals surface area contributed by atoms with Crippen LogP contribution in [-0.2, 0) is 14.9 Å². The van der Waals surface area contributed by atoms with E-state index in [1.165, 1.54) is 11.8 Å². The van der Waals surface area contributed by atoms with E-state index < -0.39 is 5.41 Å². The lowest BCUT2D eigenvalue weighted by Gasteiger charge is -2.27. The average molecular weight is 636 g/mol. The summed E-state index contributed by atoms with van der Waals surface area (Å²) in [6, 6.07) is 8.93. The van der Waals surface area contributed by atoms with Gasteiger partial charge in [0.2, 0.25) is 0 Å². The lowest BCUT2D eigenvalue weighted by atomic mass is 9.95. The van der Waals surface area contributed by atoms with Crippen LogP contribution in [-0.4, -0.2) is 66.7 Å². The Morgan fingerprint density at radius 2 is 1.92 bits per heavy atom. The molecule has 2 heterocycles. The van der Waals surface area contributed by atoms with E-state index in [9.17, 15) is 9.59 Å². The van der Waals surface area contributed by atoms with Crippen LogP contribution in [0.15, 0.2) is 49.2 Å². The first-order chi connectivity index (χ1) is 17.6. The molecule has 9 nitrogen and oxygen atoms in total. The van der Waals surface area contributed by atoms with Crippen LogP contribution < -0.4 is 15.0 Å². The summed E-state index contributed by atoms with van der Waals surface area (Å²) in [5, 5.41) is 4.98. The number of morpholine rings is 1. The van der Waals surface area contributed by atoms with Crippen LogP contribution in [0.3, 0.4) is 0 Å². The molecule has 0 spiro atoms. The van der Waals surface area contributed by atoms with Crippen LogP contribution in [0.5, 0.6) is 11.5 Å². The van der Waals surface area contributed by atoms with Crippen molar-refractivity contribution in [1.82, 2.24) is 14.6 Å². The summed E-state index contributed by atoms with van der Waals surface area (Å²) in [6.07, 6.45) is 1.57. The number of fused-ring (bicyclic) bond motifs is 1. The number of nitrogens with zero attached hydrogens (tertiary/aromatic N) is 4. The predicted molar refractivity (Wildman–Crippen MR) is 149 cm³/mol. The van der Waals surface area contributed by atoms with Crippen LogP contribution in [0.1, 0.15) is 32.2 Å². The number of carbonyl (C=O) groups excluding carboxylic acids is 1. The van der Waals surface area contributed by atoms with E-state index in [1.54, 1.807) is 29.3 Å². The molecule has 3 aromatic rings. The van der Waals surface area contributed by atoms with Crippen LogP contribution in [0.2, 0.25) is 0 Å². The molecule has 1 fully saturated rings. The van der Waals surface area contributed by atoms with Crippen molar-refractivity contribution in [2.75, 3.05) is 40.0 Å². The van der Waals surface area contributed by atoms with Gasteiger partial charge in [0.15, 0.2) is 18.1 Å². The van der Waals surface area contributed by atoms with E-state index >= 15 is 0 Å². The van der Waals surface area contributed by atoms with Crippen LogP contribution in [0, 0.1) is 0 Å². The number of ether oxygens (including phenoxy) is 3. The molecule has 0 atom stereocenters. The SMILES string of the molecule is COc1cc(C=Nn2c(C(C)(C)C)nc3ccc(Br)cc3c2=O)cc(Br)c1OCC(=O)N1CCOCC1. The molecule has 4 rings (SSSR count). The second-order valence-corrected chi connectivity index (χ2v) is 11.3. The molecule has 1 aliphatic rings. The van der Waals surface area contributed by atoms with Crippen molar-refractivity contribution in [1.29, 1.82) is 0 Å². The molecule has 1 amide bonds. The highest BCUT2D eigenvalue weighted by Crippen LogP contribution is 2.36. The van der Waals surface area contributed by atoms with Crippen molar-refractivity contribution in [2.45, 2.75) is 26.2 Å². The first kappa shape index (κ1) is 27.3. The Hall–Kier alpha value is -2.76. The summed E-state index contributed by atoms with van der Waals surface area (Å²) < 4.78 is 19.3. The maximum absolute atomic E-state index is 13.4. The maximum Gasteiger partial charge on any atom is 0.282 e. The van der Waals surface area contributed by atoms with E-state index in [4.69, 9.17) is 19.2 Å². The zero-order chi connectivity index (χ0) is 26.7. The van der Waals surface area contributed by atoms with E-state index in [1.807, 2.05) is 32.9 Å². The van der Waals surface area contributed by atoms with Gasteiger partial charge in [0.05, 0.1) is 41.9 Å². The number of carbonyl (C=O) groups is 1. The van der Waals surface area contributed by atoms with E-state index in [-0.39, 0.29) is 18.1 Å². The summed E-state index contributed by atoms with van der Waals surface area (Å²) in [5.41, 5.74) is 0.583. The Morgan fingerprint density at radius 3 is 2.59 bits per heavy atom. The molecular weight excluding hydrogens is 608 g/mol. The molecular formula is C26H28Br2N4O5. The predicted octanol–water partition coefficient (Wildman–Crippen LogP) is 4.35. The second-order valence-electron chi connectivity index (χ2n) is 9.52.